The maximum Gasteiger partial charge on any atom is 0.333 e. The van der Waals surface area contributed by atoms with Crippen molar-refractivity contribution in [3.63, 3.8) is 0 Å². The van der Waals surface area contributed by atoms with E-state index in [-0.39, 0.29) is 17.7 Å². The number of benzene rings is 9. The van der Waals surface area contributed by atoms with Gasteiger partial charge in [-0.1, -0.05) is 178 Å². The van der Waals surface area contributed by atoms with Crippen LogP contribution in [-0.2, 0) is 10.8 Å². The average Bonchev–Trinajstić information content (AvgIpc) is 3.67. The third kappa shape index (κ3) is 3.75. The molecule has 3 heteroatoms. The van der Waals surface area contributed by atoms with E-state index in [2.05, 4.69) is 212 Å². The molecule has 1 unspecified atom stereocenters. The molecule has 0 fully saturated rings. The fourth-order valence-electron chi connectivity index (χ4n) is 12.4. The number of fused-ring (bicyclic) bond motifs is 8. The van der Waals surface area contributed by atoms with E-state index >= 15 is 0 Å². The number of hydrogen-bond donors (Lipinski definition) is 0. The highest BCUT2D eigenvalue weighted by Gasteiger charge is 2.53. The van der Waals surface area contributed by atoms with Crippen LogP contribution in [0.5, 0.6) is 0 Å². The van der Waals surface area contributed by atoms with Gasteiger partial charge in [0.15, 0.2) is 0 Å². The molecule has 0 spiro atoms. The van der Waals surface area contributed by atoms with E-state index < -0.39 is 0 Å². The van der Waals surface area contributed by atoms with Crippen molar-refractivity contribution in [3.8, 4) is 39.1 Å². The van der Waals surface area contributed by atoms with Crippen LogP contribution < -0.4 is 15.7 Å². The molecule has 60 heavy (non-hydrogen) atoms. The van der Waals surface area contributed by atoms with Crippen molar-refractivity contribution >= 4 is 61.7 Å². The van der Waals surface area contributed by atoms with Gasteiger partial charge < -0.3 is 9.38 Å². The maximum absolute atomic E-state index is 2.75. The molecule has 280 valence electrons. The first kappa shape index (κ1) is 32.8. The van der Waals surface area contributed by atoms with Crippen LogP contribution in [-0.4, -0.2) is 11.4 Å². The smallest absolute Gasteiger partial charge is 0.333 e. The van der Waals surface area contributed by atoms with Crippen LogP contribution >= 0.6 is 0 Å². The normalized spacial score (nSPS) is 17.1. The van der Waals surface area contributed by atoms with E-state index in [0.29, 0.717) is 0 Å². The molecule has 0 N–H and O–H groups in total. The van der Waals surface area contributed by atoms with E-state index in [1.165, 1.54) is 122 Å². The topological polar surface area (TPSA) is 8.17 Å². The fraction of sp³-hybridized carbons (Fsp3) is 0.0877. The summed E-state index contributed by atoms with van der Waals surface area (Å²) in [5, 5.41) is 5.33. The number of rotatable bonds is 3. The Balaban J connectivity index is 1.24. The first-order valence-corrected chi connectivity index (χ1v) is 21.4. The van der Waals surface area contributed by atoms with Gasteiger partial charge >= 0.3 is 6.85 Å². The molecule has 0 saturated carbocycles. The van der Waals surface area contributed by atoms with Gasteiger partial charge in [0.25, 0.3) is 0 Å². The molecule has 0 radical (unpaired) electrons. The van der Waals surface area contributed by atoms with Crippen molar-refractivity contribution in [2.45, 2.75) is 31.6 Å². The summed E-state index contributed by atoms with van der Waals surface area (Å²) in [5.41, 5.74) is 23.3. The van der Waals surface area contributed by atoms with Gasteiger partial charge in [0, 0.05) is 44.2 Å². The predicted molar refractivity (Wildman–Crippen MR) is 252 cm³/mol. The summed E-state index contributed by atoms with van der Waals surface area (Å²) in [6.45, 7) is 7.32. The van der Waals surface area contributed by atoms with Gasteiger partial charge in [-0.25, -0.2) is 0 Å². The molecule has 1 aromatic heterocycles. The Kier molecular flexibility index (Phi) is 6.09. The zero-order valence-corrected chi connectivity index (χ0v) is 33.8. The molecular formula is C57H39BN2. The molecular weight excluding hydrogens is 723 g/mol. The van der Waals surface area contributed by atoms with Gasteiger partial charge in [0.1, 0.15) is 0 Å². The lowest BCUT2D eigenvalue weighted by Gasteiger charge is -2.51. The van der Waals surface area contributed by atoms with Crippen LogP contribution in [0.15, 0.2) is 182 Å². The van der Waals surface area contributed by atoms with Gasteiger partial charge in [-0.2, -0.15) is 0 Å². The van der Waals surface area contributed by atoms with Gasteiger partial charge in [-0.15, -0.1) is 0 Å². The molecule has 5 heterocycles. The van der Waals surface area contributed by atoms with Crippen molar-refractivity contribution in [2.24, 2.45) is 0 Å². The summed E-state index contributed by atoms with van der Waals surface area (Å²) < 4.78 is 2.73. The Hall–Kier alpha value is -7.10. The summed E-state index contributed by atoms with van der Waals surface area (Å²) in [4.78, 5) is 2.75. The van der Waals surface area contributed by atoms with E-state index in [4.69, 9.17) is 0 Å². The first-order chi connectivity index (χ1) is 29.5. The monoisotopic (exact) mass is 762 g/mol. The average molecular weight is 763 g/mol. The molecule has 14 rings (SSSR count). The molecule has 10 aromatic rings. The van der Waals surface area contributed by atoms with E-state index in [1.807, 2.05) is 0 Å². The minimum atomic E-state index is -0.362. The fourth-order valence-corrected chi connectivity index (χ4v) is 12.4. The second-order valence-electron chi connectivity index (χ2n) is 18.1. The number of para-hydroxylation sites is 3. The molecule has 4 aliphatic heterocycles. The van der Waals surface area contributed by atoms with E-state index in [9.17, 15) is 0 Å². The van der Waals surface area contributed by atoms with Crippen LogP contribution in [0.25, 0.3) is 71.6 Å². The number of anilines is 2. The van der Waals surface area contributed by atoms with Crippen LogP contribution in [0.1, 0.15) is 48.6 Å². The first-order valence-electron chi connectivity index (χ1n) is 21.4. The Morgan fingerprint density at radius 2 is 1.12 bits per heavy atom. The minimum Gasteiger partial charge on any atom is -0.376 e. The minimum absolute atomic E-state index is 0.0357. The zero-order chi connectivity index (χ0) is 39.6. The molecule has 0 aliphatic carbocycles. The number of nitrogens with zero attached hydrogens (tertiary/aromatic N) is 2. The lowest BCUT2D eigenvalue weighted by molar-refractivity contribution is 0.632. The Morgan fingerprint density at radius 3 is 1.97 bits per heavy atom. The molecule has 0 bridgehead atoms. The number of aromatic nitrogens is 1. The molecule has 2 nitrogen and oxygen atoms in total. The van der Waals surface area contributed by atoms with Crippen molar-refractivity contribution in [2.75, 3.05) is 4.81 Å². The molecule has 0 amide bonds. The van der Waals surface area contributed by atoms with Crippen molar-refractivity contribution in [1.29, 1.82) is 0 Å². The van der Waals surface area contributed by atoms with Crippen LogP contribution in [0.3, 0.4) is 0 Å². The quantitative estimate of drug-likeness (QED) is 0.163. The Labute approximate surface area is 350 Å². The lowest BCUT2D eigenvalue weighted by Crippen LogP contribution is -2.62. The maximum atomic E-state index is 2.75. The summed E-state index contributed by atoms with van der Waals surface area (Å²) in [6.07, 6.45) is 0. The van der Waals surface area contributed by atoms with Gasteiger partial charge in [0.05, 0.1) is 11.0 Å². The molecule has 9 aromatic carbocycles. The third-order valence-electron chi connectivity index (χ3n) is 15.0. The van der Waals surface area contributed by atoms with Crippen molar-refractivity contribution < 1.29 is 0 Å². The highest BCUT2D eigenvalue weighted by molar-refractivity contribution is 6.94. The van der Waals surface area contributed by atoms with Crippen LogP contribution in [0, 0.1) is 0 Å². The zero-order valence-electron chi connectivity index (χ0n) is 33.8. The summed E-state index contributed by atoms with van der Waals surface area (Å²) >= 11 is 0. The number of hydrogen-bond acceptors (Lipinski definition) is 1. The second kappa shape index (κ2) is 11.1. The van der Waals surface area contributed by atoms with Gasteiger partial charge in [-0.3, -0.25) is 0 Å². The van der Waals surface area contributed by atoms with E-state index in [1.54, 1.807) is 0 Å². The highest BCUT2D eigenvalue weighted by Crippen LogP contribution is 2.60. The van der Waals surface area contributed by atoms with Crippen LogP contribution in [0.4, 0.5) is 11.4 Å². The summed E-state index contributed by atoms with van der Waals surface area (Å²) in [7, 11) is 0. The lowest BCUT2D eigenvalue weighted by atomic mass is 9.42. The molecule has 0 saturated heterocycles. The van der Waals surface area contributed by atoms with Crippen molar-refractivity contribution in [3.05, 3.63) is 210 Å². The Morgan fingerprint density at radius 1 is 0.450 bits per heavy atom. The van der Waals surface area contributed by atoms with Crippen LogP contribution in [0.2, 0.25) is 0 Å². The van der Waals surface area contributed by atoms with Crippen molar-refractivity contribution in [1.82, 2.24) is 4.57 Å². The largest absolute Gasteiger partial charge is 0.376 e. The highest BCUT2D eigenvalue weighted by atomic mass is 15.1. The molecule has 1 atom stereocenters. The SMILES string of the molecule is CC1(C)c2cccc3c2-n2c4c5c(cc(-c6ccccc6-c6ccccc6)c4c4c6ccccc6cc1c42)-c1cccc2c1N(B35)c1ccccc1C2(C)c1ccccc1. The van der Waals surface area contributed by atoms with Gasteiger partial charge in [-0.05, 0) is 102 Å². The molecule has 4 aliphatic rings. The second-order valence-corrected chi connectivity index (χ2v) is 18.1. The summed E-state index contributed by atoms with van der Waals surface area (Å²) in [6, 6.07) is 69.0. The van der Waals surface area contributed by atoms with E-state index in [0.717, 1.165) is 0 Å². The third-order valence-corrected chi connectivity index (χ3v) is 15.0. The Bertz CT molecular complexity index is 3540. The van der Waals surface area contributed by atoms with Gasteiger partial charge in [0.2, 0.25) is 0 Å². The predicted octanol–water partition coefficient (Wildman–Crippen LogP) is 12.8. The standard InChI is InChI=1S/C57H39BN2/c1-56(2)44-28-17-30-47-53(44)59-54-46(56)32-35-20-10-11-24-38(35)49(54)50-41(39-25-13-12-23-37(39)34-18-6-4-7-19-34)33-42-40-26-16-29-45-52(40)60(58(47)51(42)55(50)59)48-31-15-14-27-43(48)57(45,3)36-21-8-5-9-22-36/h4-33H,1-3H3. The summed E-state index contributed by atoms with van der Waals surface area (Å²) in [5.74, 6) is 0.